The Labute approximate surface area is 154 Å². The highest BCUT2D eigenvalue weighted by Crippen LogP contribution is 2.65. The maximum atomic E-state index is 13.5. The lowest BCUT2D eigenvalue weighted by Gasteiger charge is -2.22. The van der Waals surface area contributed by atoms with Crippen molar-refractivity contribution < 1.29 is 18.4 Å². The summed E-state index contributed by atoms with van der Waals surface area (Å²) in [5.41, 5.74) is -0.740. The number of hydrogen-bond acceptors (Lipinski definition) is 4. The van der Waals surface area contributed by atoms with Gasteiger partial charge in [-0.25, -0.2) is 18.4 Å². The molecule has 142 valence electrons. The molecule has 2 aromatic heterocycles. The molecule has 9 heteroatoms. The average molecular weight is 375 g/mol. The molecule has 0 bridgehead atoms. The number of alkyl halides is 2. The number of aromatic nitrogens is 3. The molecule has 2 fully saturated rings. The van der Waals surface area contributed by atoms with E-state index >= 15 is 0 Å². The van der Waals surface area contributed by atoms with Crippen LogP contribution in [0.5, 0.6) is 0 Å². The summed E-state index contributed by atoms with van der Waals surface area (Å²) in [5, 5.41) is 6.67. The van der Waals surface area contributed by atoms with Crippen LogP contribution in [0, 0.1) is 5.41 Å². The first-order chi connectivity index (χ1) is 12.8. The lowest BCUT2D eigenvalue weighted by atomic mass is 10.1. The van der Waals surface area contributed by atoms with Gasteiger partial charge in [0.2, 0.25) is 5.91 Å². The summed E-state index contributed by atoms with van der Waals surface area (Å²) in [4.78, 5) is 30.4. The monoisotopic (exact) mass is 375 g/mol. The number of hydrogen-bond donors (Lipinski definition) is 1. The zero-order chi connectivity index (χ0) is 19.2. The fourth-order valence-electron chi connectivity index (χ4n) is 3.56. The van der Waals surface area contributed by atoms with Crippen LogP contribution in [0.15, 0.2) is 36.8 Å². The van der Waals surface area contributed by atoms with Crippen molar-refractivity contribution in [1.29, 1.82) is 0 Å². The number of pyridine rings is 1. The maximum Gasteiger partial charge on any atom is 0.256 e. The number of amides is 2. The van der Waals surface area contributed by atoms with Crippen LogP contribution < -0.4 is 5.32 Å². The van der Waals surface area contributed by atoms with Crippen molar-refractivity contribution in [3.05, 3.63) is 42.4 Å². The third-order valence-electron chi connectivity index (χ3n) is 5.34. The molecule has 1 aliphatic carbocycles. The summed E-state index contributed by atoms with van der Waals surface area (Å²) in [5.74, 6) is -2.89. The molecule has 1 saturated carbocycles. The van der Waals surface area contributed by atoms with E-state index in [1.165, 1.54) is 11.1 Å². The van der Waals surface area contributed by atoms with E-state index in [0.29, 0.717) is 24.3 Å². The smallest absolute Gasteiger partial charge is 0.256 e. The van der Waals surface area contributed by atoms with Gasteiger partial charge in [-0.3, -0.25) is 9.59 Å². The van der Waals surface area contributed by atoms with Crippen LogP contribution in [0.25, 0.3) is 5.82 Å². The Balaban J connectivity index is 1.36. The largest absolute Gasteiger partial charge is 0.340 e. The van der Waals surface area contributed by atoms with Gasteiger partial charge in [-0.2, -0.15) is 5.10 Å². The van der Waals surface area contributed by atoms with Gasteiger partial charge in [-0.05, 0) is 31.5 Å². The summed E-state index contributed by atoms with van der Waals surface area (Å²) >= 11 is 0. The van der Waals surface area contributed by atoms with Gasteiger partial charge in [0.1, 0.15) is 6.04 Å². The van der Waals surface area contributed by atoms with Crippen molar-refractivity contribution in [1.82, 2.24) is 25.0 Å². The molecule has 27 heavy (non-hydrogen) atoms. The Kier molecular flexibility index (Phi) is 3.97. The topological polar surface area (TPSA) is 80.1 Å². The molecule has 0 radical (unpaired) electrons. The van der Waals surface area contributed by atoms with Crippen molar-refractivity contribution in [2.75, 3.05) is 13.1 Å². The quantitative estimate of drug-likeness (QED) is 0.881. The van der Waals surface area contributed by atoms with Crippen molar-refractivity contribution in [3.63, 3.8) is 0 Å². The molecule has 0 aromatic carbocycles. The first-order valence-electron chi connectivity index (χ1n) is 8.75. The van der Waals surface area contributed by atoms with Crippen molar-refractivity contribution in [2.24, 2.45) is 5.41 Å². The first kappa shape index (κ1) is 17.6. The number of likely N-dealkylation sites (tertiary alicyclic amines) is 1. The molecular weight excluding hydrogens is 356 g/mol. The Hall–Kier alpha value is -2.84. The van der Waals surface area contributed by atoms with E-state index < -0.39 is 23.3 Å². The van der Waals surface area contributed by atoms with Crippen LogP contribution in [0.4, 0.5) is 8.78 Å². The molecule has 4 rings (SSSR count). The van der Waals surface area contributed by atoms with Gasteiger partial charge in [0.15, 0.2) is 5.82 Å². The number of rotatable bonds is 4. The molecule has 2 amide bonds. The molecular formula is C18H19F2N5O2. The van der Waals surface area contributed by atoms with Crippen LogP contribution >= 0.6 is 0 Å². The Morgan fingerprint density at radius 3 is 2.67 bits per heavy atom. The summed E-state index contributed by atoms with van der Waals surface area (Å²) in [6.45, 7) is 1.91. The van der Waals surface area contributed by atoms with Gasteiger partial charge in [-0.15, -0.1) is 0 Å². The van der Waals surface area contributed by atoms with E-state index in [1.807, 2.05) is 0 Å². The second-order valence-corrected chi connectivity index (χ2v) is 7.22. The number of nitrogens with one attached hydrogen (secondary N) is 1. The number of carbonyl (C=O) groups is 2. The predicted molar refractivity (Wildman–Crippen MR) is 91.5 cm³/mol. The van der Waals surface area contributed by atoms with Gasteiger partial charge in [-0.1, -0.05) is 0 Å². The van der Waals surface area contributed by atoms with Gasteiger partial charge < -0.3 is 10.2 Å². The Bertz CT molecular complexity index is 868. The molecule has 0 unspecified atom stereocenters. The number of halogens is 2. The average Bonchev–Trinajstić information content (AvgIpc) is 3.10. The Morgan fingerprint density at radius 1 is 1.33 bits per heavy atom. The minimum Gasteiger partial charge on any atom is -0.340 e. The van der Waals surface area contributed by atoms with Gasteiger partial charge in [0.05, 0.1) is 11.0 Å². The zero-order valence-electron chi connectivity index (χ0n) is 14.7. The van der Waals surface area contributed by atoms with Crippen molar-refractivity contribution >= 4 is 11.8 Å². The molecule has 2 atom stereocenters. The van der Waals surface area contributed by atoms with E-state index in [1.54, 1.807) is 42.2 Å². The first-order valence-corrected chi connectivity index (χ1v) is 8.75. The summed E-state index contributed by atoms with van der Waals surface area (Å²) in [6, 6.07) is 4.20. The third kappa shape index (κ3) is 3.07. The SMILES string of the molecule is C[C@H](NC(=O)c1ccc(-n2cccn2)nc1)C(=O)N1CC[C@@]2(C1)CC2(F)F. The predicted octanol–water partition coefficient (Wildman–Crippen LogP) is 1.64. The van der Waals surface area contributed by atoms with E-state index in [-0.39, 0.29) is 18.9 Å². The highest BCUT2D eigenvalue weighted by atomic mass is 19.3. The maximum absolute atomic E-state index is 13.5. The number of carbonyl (C=O) groups excluding carboxylic acids is 2. The minimum atomic E-state index is -2.67. The molecule has 1 spiro atoms. The second kappa shape index (κ2) is 6.11. The lowest BCUT2D eigenvalue weighted by molar-refractivity contribution is -0.132. The van der Waals surface area contributed by atoms with Gasteiger partial charge in [0.25, 0.3) is 11.8 Å². The molecule has 3 heterocycles. The minimum absolute atomic E-state index is 0.0547. The van der Waals surface area contributed by atoms with Crippen LogP contribution in [0.3, 0.4) is 0 Å². The molecule has 1 saturated heterocycles. The van der Waals surface area contributed by atoms with Crippen LogP contribution in [0.2, 0.25) is 0 Å². The van der Waals surface area contributed by atoms with E-state index in [9.17, 15) is 18.4 Å². The second-order valence-electron chi connectivity index (χ2n) is 7.22. The lowest BCUT2D eigenvalue weighted by Crippen LogP contribution is -2.46. The van der Waals surface area contributed by atoms with Crippen molar-refractivity contribution in [2.45, 2.75) is 31.7 Å². The highest BCUT2D eigenvalue weighted by Gasteiger charge is 2.73. The fraction of sp³-hybridized carbons (Fsp3) is 0.444. The van der Waals surface area contributed by atoms with Crippen LogP contribution in [-0.4, -0.2) is 56.5 Å². The molecule has 7 nitrogen and oxygen atoms in total. The van der Waals surface area contributed by atoms with Gasteiger partial charge >= 0.3 is 0 Å². The summed E-state index contributed by atoms with van der Waals surface area (Å²) < 4.78 is 28.5. The van der Waals surface area contributed by atoms with Crippen LogP contribution in [-0.2, 0) is 4.79 Å². The number of nitrogens with zero attached hydrogens (tertiary/aromatic N) is 4. The normalized spacial score (nSPS) is 24.0. The van der Waals surface area contributed by atoms with E-state index in [0.717, 1.165) is 0 Å². The van der Waals surface area contributed by atoms with Crippen molar-refractivity contribution in [3.8, 4) is 5.82 Å². The third-order valence-corrected chi connectivity index (χ3v) is 5.34. The molecule has 1 N–H and O–H groups in total. The van der Waals surface area contributed by atoms with Gasteiger partial charge in [0, 0.05) is 38.1 Å². The summed E-state index contributed by atoms with van der Waals surface area (Å²) in [7, 11) is 0. The van der Waals surface area contributed by atoms with Crippen LogP contribution in [0.1, 0.15) is 30.1 Å². The summed E-state index contributed by atoms with van der Waals surface area (Å²) in [6.07, 6.45) is 4.91. The standard InChI is InChI=1S/C18H19F2N5O2/c1-12(16(27)24-8-5-17(11-24)10-18(17,19)20)23-15(26)13-3-4-14(21-9-13)25-7-2-6-22-25/h2-4,6-7,9,12H,5,8,10-11H2,1H3,(H,23,26)/t12-,17-/m0/s1. The molecule has 2 aromatic rings. The highest BCUT2D eigenvalue weighted by molar-refractivity contribution is 5.97. The van der Waals surface area contributed by atoms with E-state index in [2.05, 4.69) is 15.4 Å². The molecule has 1 aliphatic heterocycles. The Morgan fingerprint density at radius 2 is 2.11 bits per heavy atom. The fourth-order valence-corrected chi connectivity index (χ4v) is 3.56. The van der Waals surface area contributed by atoms with E-state index in [4.69, 9.17) is 0 Å². The zero-order valence-corrected chi connectivity index (χ0v) is 14.7. The molecule has 2 aliphatic rings.